The maximum atomic E-state index is 11.6. The first-order valence-electron chi connectivity index (χ1n) is 6.03. The molecule has 1 rings (SSSR count). The Kier molecular flexibility index (Phi) is 8.41. The highest BCUT2D eigenvalue weighted by Crippen LogP contribution is 2.03. The van der Waals surface area contributed by atoms with Crippen molar-refractivity contribution < 1.29 is 16.8 Å². The summed E-state index contributed by atoms with van der Waals surface area (Å²) in [6, 6.07) is 0.187. The summed E-state index contributed by atoms with van der Waals surface area (Å²) < 4.78 is 50.1. The molecule has 0 aromatic rings. The molecule has 0 aliphatic carbocycles. The second kappa shape index (κ2) is 8.38. The lowest BCUT2D eigenvalue weighted by Crippen LogP contribution is -2.40. The van der Waals surface area contributed by atoms with Gasteiger partial charge in [-0.2, -0.15) is 0 Å². The molecular weight excluding hydrogens is 314 g/mol. The fraction of sp³-hybridized carbons (Fsp3) is 1.00. The smallest absolute Gasteiger partial charge is 0.212 e. The number of nitrogens with one attached hydrogen (secondary N) is 3. The molecule has 3 N–H and O–H groups in total. The zero-order valence-corrected chi connectivity index (χ0v) is 13.3. The molecule has 1 fully saturated rings. The molecule has 0 amide bonds. The van der Waals surface area contributed by atoms with Crippen LogP contribution in [0.25, 0.3) is 0 Å². The van der Waals surface area contributed by atoms with E-state index in [0.717, 1.165) is 19.4 Å². The second-order valence-electron chi connectivity index (χ2n) is 4.26. The Labute approximate surface area is 121 Å². The Morgan fingerprint density at radius 1 is 1.16 bits per heavy atom. The molecule has 0 radical (unpaired) electrons. The predicted molar refractivity (Wildman–Crippen MR) is 77.5 cm³/mol. The maximum absolute atomic E-state index is 11.6. The summed E-state index contributed by atoms with van der Waals surface area (Å²) in [6.45, 7) is 2.69. The topological polar surface area (TPSA) is 104 Å². The van der Waals surface area contributed by atoms with E-state index in [9.17, 15) is 16.8 Å². The van der Waals surface area contributed by atoms with Gasteiger partial charge >= 0.3 is 0 Å². The molecule has 0 saturated carbocycles. The van der Waals surface area contributed by atoms with Crippen LogP contribution in [0.5, 0.6) is 0 Å². The molecular formula is C9H22ClN3O4S2. The molecule has 116 valence electrons. The molecule has 0 spiro atoms. The van der Waals surface area contributed by atoms with Crippen LogP contribution in [-0.2, 0) is 20.0 Å². The molecule has 1 aliphatic rings. The van der Waals surface area contributed by atoms with E-state index < -0.39 is 20.0 Å². The zero-order valence-electron chi connectivity index (χ0n) is 10.9. The highest BCUT2D eigenvalue weighted by molar-refractivity contribution is 7.90. The zero-order chi connectivity index (χ0) is 13.6. The second-order valence-corrected chi connectivity index (χ2v) is 8.28. The molecule has 0 bridgehead atoms. The van der Waals surface area contributed by atoms with Gasteiger partial charge in [0, 0.05) is 19.1 Å². The van der Waals surface area contributed by atoms with Crippen molar-refractivity contribution in [3.8, 4) is 0 Å². The van der Waals surface area contributed by atoms with Crippen molar-refractivity contribution >= 4 is 32.5 Å². The third-order valence-electron chi connectivity index (χ3n) is 2.78. The van der Waals surface area contributed by atoms with Crippen molar-refractivity contribution in [2.24, 2.45) is 0 Å². The van der Waals surface area contributed by atoms with Gasteiger partial charge in [-0.15, -0.1) is 12.4 Å². The first-order chi connectivity index (χ1) is 8.35. The van der Waals surface area contributed by atoms with Gasteiger partial charge < -0.3 is 5.32 Å². The van der Waals surface area contributed by atoms with Crippen LogP contribution < -0.4 is 14.8 Å². The van der Waals surface area contributed by atoms with Crippen LogP contribution in [0.3, 0.4) is 0 Å². The van der Waals surface area contributed by atoms with Crippen LogP contribution in [0.15, 0.2) is 0 Å². The molecule has 7 nitrogen and oxygen atoms in total. The van der Waals surface area contributed by atoms with Crippen LogP contribution in [0.2, 0.25) is 0 Å². The van der Waals surface area contributed by atoms with Crippen LogP contribution >= 0.6 is 12.4 Å². The molecule has 0 aromatic heterocycles. The SMILES string of the molecule is CCS(=O)(=O)NCCS(=O)(=O)NCC1CCCN1.Cl. The van der Waals surface area contributed by atoms with Gasteiger partial charge in [-0.3, -0.25) is 0 Å². The van der Waals surface area contributed by atoms with Gasteiger partial charge in [0.2, 0.25) is 20.0 Å². The fourth-order valence-corrected chi connectivity index (χ4v) is 3.38. The van der Waals surface area contributed by atoms with Gasteiger partial charge in [0.1, 0.15) is 0 Å². The summed E-state index contributed by atoms with van der Waals surface area (Å²) >= 11 is 0. The van der Waals surface area contributed by atoms with Gasteiger partial charge in [-0.05, 0) is 26.3 Å². The van der Waals surface area contributed by atoms with E-state index in [4.69, 9.17) is 0 Å². The van der Waals surface area contributed by atoms with Gasteiger partial charge in [0.15, 0.2) is 0 Å². The standard InChI is InChI=1S/C9H21N3O4S2.ClH/c1-2-17(13,14)11-6-7-18(15,16)12-8-9-4-3-5-10-9;/h9-12H,2-8H2,1H3;1H. The normalized spacial score (nSPS) is 20.2. The van der Waals surface area contributed by atoms with Crippen molar-refractivity contribution in [1.29, 1.82) is 0 Å². The lowest BCUT2D eigenvalue weighted by Gasteiger charge is -2.12. The summed E-state index contributed by atoms with van der Waals surface area (Å²) in [5, 5.41) is 3.18. The van der Waals surface area contributed by atoms with Crippen molar-refractivity contribution in [3.63, 3.8) is 0 Å². The Morgan fingerprint density at radius 2 is 1.84 bits per heavy atom. The molecule has 10 heteroatoms. The molecule has 1 atom stereocenters. The molecule has 1 saturated heterocycles. The Morgan fingerprint density at radius 3 is 2.37 bits per heavy atom. The van der Waals surface area contributed by atoms with Crippen LogP contribution in [0.4, 0.5) is 0 Å². The monoisotopic (exact) mass is 335 g/mol. The van der Waals surface area contributed by atoms with E-state index in [1.807, 2.05) is 0 Å². The van der Waals surface area contributed by atoms with Crippen molar-refractivity contribution in [1.82, 2.24) is 14.8 Å². The van der Waals surface area contributed by atoms with Crippen molar-refractivity contribution in [2.75, 3.05) is 31.1 Å². The summed E-state index contributed by atoms with van der Waals surface area (Å²) in [4.78, 5) is 0. The average Bonchev–Trinajstić information content (AvgIpc) is 2.79. The molecule has 0 aromatic carbocycles. The third kappa shape index (κ3) is 8.05. The fourth-order valence-electron chi connectivity index (χ4n) is 1.66. The van der Waals surface area contributed by atoms with Crippen LogP contribution in [0, 0.1) is 0 Å². The van der Waals surface area contributed by atoms with Gasteiger partial charge in [-0.1, -0.05) is 0 Å². The van der Waals surface area contributed by atoms with E-state index in [1.54, 1.807) is 0 Å². The van der Waals surface area contributed by atoms with E-state index in [0.29, 0.717) is 6.54 Å². The van der Waals surface area contributed by atoms with E-state index in [1.165, 1.54) is 6.92 Å². The summed E-state index contributed by atoms with van der Waals surface area (Å²) in [7, 11) is -6.74. The number of hydrogen-bond acceptors (Lipinski definition) is 5. The first-order valence-corrected chi connectivity index (χ1v) is 9.33. The van der Waals surface area contributed by atoms with Crippen molar-refractivity contribution in [2.45, 2.75) is 25.8 Å². The quantitative estimate of drug-likeness (QED) is 0.529. The van der Waals surface area contributed by atoms with Crippen molar-refractivity contribution in [3.05, 3.63) is 0 Å². The molecule has 1 aliphatic heterocycles. The van der Waals surface area contributed by atoms with Gasteiger partial charge in [0.05, 0.1) is 11.5 Å². The molecule has 1 unspecified atom stereocenters. The predicted octanol–water partition coefficient (Wildman–Crippen LogP) is -0.981. The Bertz CT molecular complexity index is 446. The number of hydrogen-bond donors (Lipinski definition) is 3. The summed E-state index contributed by atoms with van der Waals surface area (Å²) in [5.74, 6) is -0.286. The average molecular weight is 336 g/mol. The van der Waals surface area contributed by atoms with Crippen LogP contribution in [0.1, 0.15) is 19.8 Å². The molecule has 19 heavy (non-hydrogen) atoms. The highest BCUT2D eigenvalue weighted by Gasteiger charge is 2.18. The Hall–Kier alpha value is 0.0700. The summed E-state index contributed by atoms with van der Waals surface area (Å²) in [6.07, 6.45) is 2.02. The minimum atomic E-state index is -3.42. The van der Waals surface area contributed by atoms with E-state index in [2.05, 4.69) is 14.8 Å². The maximum Gasteiger partial charge on any atom is 0.212 e. The van der Waals surface area contributed by atoms with Crippen LogP contribution in [-0.4, -0.2) is 54.0 Å². The number of halogens is 1. The minimum absolute atomic E-state index is 0. The Balaban J connectivity index is 0.00000324. The largest absolute Gasteiger partial charge is 0.313 e. The first kappa shape index (κ1) is 19.1. The number of sulfonamides is 2. The lowest BCUT2D eigenvalue weighted by molar-refractivity contribution is 0.550. The van der Waals surface area contributed by atoms with E-state index in [-0.39, 0.29) is 36.5 Å². The lowest BCUT2D eigenvalue weighted by atomic mass is 10.2. The number of rotatable bonds is 8. The highest BCUT2D eigenvalue weighted by atomic mass is 35.5. The molecule has 1 heterocycles. The van der Waals surface area contributed by atoms with E-state index >= 15 is 0 Å². The summed E-state index contributed by atoms with van der Waals surface area (Å²) in [5.41, 5.74) is 0. The third-order valence-corrected chi connectivity index (χ3v) is 5.54. The van der Waals surface area contributed by atoms with Gasteiger partial charge in [-0.25, -0.2) is 26.3 Å². The van der Waals surface area contributed by atoms with Gasteiger partial charge in [0.25, 0.3) is 0 Å². The minimum Gasteiger partial charge on any atom is -0.313 e.